The van der Waals surface area contributed by atoms with E-state index in [9.17, 15) is 18.0 Å². The Hall–Kier alpha value is -2.46. The summed E-state index contributed by atoms with van der Waals surface area (Å²) >= 11 is 1.06. The minimum absolute atomic E-state index is 0.0106. The third kappa shape index (κ3) is 4.45. The molecular weight excluding hydrogens is 388 g/mol. The highest BCUT2D eigenvalue weighted by molar-refractivity contribution is 7.93. The molecule has 1 saturated heterocycles. The van der Waals surface area contributed by atoms with Gasteiger partial charge in [-0.15, -0.1) is 11.3 Å². The third-order valence-corrected chi connectivity index (χ3v) is 6.53. The Labute approximate surface area is 161 Å². The number of amides is 2. The van der Waals surface area contributed by atoms with Crippen LogP contribution in [0, 0.1) is 6.92 Å². The fraction of sp³-hybridized carbons (Fsp3) is 0.353. The number of aryl methyl sites for hydroxylation is 1. The highest BCUT2D eigenvalue weighted by atomic mass is 32.2. The topological polar surface area (TPSA) is 99.7 Å². The van der Waals surface area contributed by atoms with Gasteiger partial charge >= 0.3 is 0 Å². The van der Waals surface area contributed by atoms with Gasteiger partial charge in [0, 0.05) is 38.5 Å². The predicted molar refractivity (Wildman–Crippen MR) is 102 cm³/mol. The second-order valence-corrected chi connectivity index (χ2v) is 8.80. The molecule has 2 amide bonds. The lowest BCUT2D eigenvalue weighted by atomic mass is 10.2. The van der Waals surface area contributed by atoms with Gasteiger partial charge in [0.25, 0.3) is 15.9 Å². The van der Waals surface area contributed by atoms with Crippen LogP contribution in [0.4, 0.5) is 5.13 Å². The lowest BCUT2D eigenvalue weighted by Crippen LogP contribution is -2.50. The van der Waals surface area contributed by atoms with Gasteiger partial charge in [0.1, 0.15) is 5.69 Å². The van der Waals surface area contributed by atoms with Crippen molar-refractivity contribution in [3.05, 3.63) is 40.9 Å². The SMILES string of the molecule is CC(=O)N1CCN(C(=O)c2csc(NS(=O)(=O)c3ccc(C)cc3)n2)CC1. The molecule has 0 bridgehead atoms. The monoisotopic (exact) mass is 408 g/mol. The summed E-state index contributed by atoms with van der Waals surface area (Å²) in [5.74, 6) is -0.279. The Morgan fingerprint density at radius 2 is 1.67 bits per heavy atom. The molecule has 0 radical (unpaired) electrons. The zero-order valence-electron chi connectivity index (χ0n) is 15.0. The number of anilines is 1. The van der Waals surface area contributed by atoms with Crippen LogP contribution in [-0.4, -0.2) is 61.2 Å². The number of rotatable bonds is 4. The summed E-state index contributed by atoms with van der Waals surface area (Å²) in [6, 6.07) is 6.47. The van der Waals surface area contributed by atoms with Crippen molar-refractivity contribution in [1.29, 1.82) is 0 Å². The lowest BCUT2D eigenvalue weighted by Gasteiger charge is -2.33. The van der Waals surface area contributed by atoms with Crippen molar-refractivity contribution in [2.75, 3.05) is 30.9 Å². The van der Waals surface area contributed by atoms with E-state index < -0.39 is 10.0 Å². The van der Waals surface area contributed by atoms with Crippen LogP contribution in [0.3, 0.4) is 0 Å². The normalized spacial score (nSPS) is 14.9. The molecule has 0 saturated carbocycles. The number of aromatic nitrogens is 1. The van der Waals surface area contributed by atoms with Crippen LogP contribution in [0.15, 0.2) is 34.5 Å². The van der Waals surface area contributed by atoms with Gasteiger partial charge in [0.2, 0.25) is 5.91 Å². The summed E-state index contributed by atoms with van der Waals surface area (Å²) in [6.45, 7) is 5.21. The average Bonchev–Trinajstić information content (AvgIpc) is 3.09. The average molecular weight is 409 g/mol. The lowest BCUT2D eigenvalue weighted by molar-refractivity contribution is -0.130. The number of sulfonamides is 1. The van der Waals surface area contributed by atoms with Crippen molar-refractivity contribution < 1.29 is 18.0 Å². The Morgan fingerprint density at radius 1 is 1.07 bits per heavy atom. The van der Waals surface area contributed by atoms with Gasteiger partial charge in [-0.3, -0.25) is 14.3 Å². The number of thiazole rings is 1. The summed E-state index contributed by atoms with van der Waals surface area (Å²) in [6.07, 6.45) is 0. The van der Waals surface area contributed by atoms with Crippen LogP contribution < -0.4 is 4.72 Å². The molecule has 0 spiro atoms. The highest BCUT2D eigenvalue weighted by Gasteiger charge is 2.25. The molecule has 1 aromatic heterocycles. The fourth-order valence-electron chi connectivity index (χ4n) is 2.70. The molecule has 1 N–H and O–H groups in total. The number of hydrogen-bond acceptors (Lipinski definition) is 6. The Balaban J connectivity index is 1.67. The summed E-state index contributed by atoms with van der Waals surface area (Å²) in [4.78, 5) is 31.5. The maximum absolute atomic E-state index is 12.6. The smallest absolute Gasteiger partial charge is 0.273 e. The quantitative estimate of drug-likeness (QED) is 0.828. The van der Waals surface area contributed by atoms with Crippen molar-refractivity contribution >= 4 is 38.3 Å². The van der Waals surface area contributed by atoms with E-state index in [1.165, 1.54) is 24.4 Å². The summed E-state index contributed by atoms with van der Waals surface area (Å²) in [5.41, 5.74) is 1.15. The first-order valence-corrected chi connectivity index (χ1v) is 10.7. The van der Waals surface area contributed by atoms with Crippen LogP contribution in [-0.2, 0) is 14.8 Å². The molecule has 2 heterocycles. The molecule has 144 valence electrons. The largest absolute Gasteiger partial charge is 0.339 e. The van der Waals surface area contributed by atoms with Crippen molar-refractivity contribution in [2.45, 2.75) is 18.7 Å². The van der Waals surface area contributed by atoms with E-state index in [2.05, 4.69) is 9.71 Å². The van der Waals surface area contributed by atoms with E-state index in [-0.39, 0.29) is 27.5 Å². The number of carbonyl (C=O) groups excluding carboxylic acids is 2. The number of benzene rings is 1. The van der Waals surface area contributed by atoms with E-state index in [1.807, 2.05) is 6.92 Å². The maximum Gasteiger partial charge on any atom is 0.273 e. The van der Waals surface area contributed by atoms with Crippen LogP contribution in [0.25, 0.3) is 0 Å². The molecule has 27 heavy (non-hydrogen) atoms. The van der Waals surface area contributed by atoms with Crippen molar-refractivity contribution in [3.8, 4) is 0 Å². The first-order chi connectivity index (χ1) is 12.8. The Bertz CT molecular complexity index is 946. The number of carbonyl (C=O) groups is 2. The van der Waals surface area contributed by atoms with Gasteiger partial charge in [0.15, 0.2) is 5.13 Å². The van der Waals surface area contributed by atoms with Gasteiger partial charge < -0.3 is 9.80 Å². The predicted octanol–water partition coefficient (Wildman–Crippen LogP) is 1.56. The fourth-order valence-corrected chi connectivity index (χ4v) is 4.63. The zero-order chi connectivity index (χ0) is 19.6. The first-order valence-electron chi connectivity index (χ1n) is 8.36. The molecule has 3 rings (SSSR count). The van der Waals surface area contributed by atoms with Gasteiger partial charge in [-0.2, -0.15) is 0 Å². The van der Waals surface area contributed by atoms with Crippen LogP contribution in [0.1, 0.15) is 23.0 Å². The van der Waals surface area contributed by atoms with Crippen molar-refractivity contribution in [3.63, 3.8) is 0 Å². The van der Waals surface area contributed by atoms with Crippen LogP contribution in [0.2, 0.25) is 0 Å². The molecule has 0 aliphatic carbocycles. The van der Waals surface area contributed by atoms with Crippen molar-refractivity contribution in [2.24, 2.45) is 0 Å². The molecule has 0 unspecified atom stereocenters. The van der Waals surface area contributed by atoms with E-state index in [1.54, 1.807) is 21.9 Å². The third-order valence-electron chi connectivity index (χ3n) is 4.29. The van der Waals surface area contributed by atoms with Gasteiger partial charge in [-0.05, 0) is 19.1 Å². The maximum atomic E-state index is 12.6. The molecule has 1 aromatic carbocycles. The molecule has 1 fully saturated rings. The van der Waals surface area contributed by atoms with Gasteiger partial charge in [0.05, 0.1) is 4.90 Å². The van der Waals surface area contributed by atoms with Crippen LogP contribution >= 0.6 is 11.3 Å². The Kier molecular flexibility index (Phi) is 5.47. The zero-order valence-corrected chi connectivity index (χ0v) is 16.6. The number of hydrogen-bond donors (Lipinski definition) is 1. The molecule has 2 aromatic rings. The van der Waals surface area contributed by atoms with Gasteiger partial charge in [-0.1, -0.05) is 17.7 Å². The summed E-state index contributed by atoms with van der Waals surface area (Å²) in [7, 11) is -3.76. The van der Waals surface area contributed by atoms with Crippen molar-refractivity contribution in [1.82, 2.24) is 14.8 Å². The highest BCUT2D eigenvalue weighted by Crippen LogP contribution is 2.21. The first kappa shape index (κ1) is 19.3. The number of nitrogens with one attached hydrogen (secondary N) is 1. The second-order valence-electron chi connectivity index (χ2n) is 6.25. The molecular formula is C17H20N4O4S2. The van der Waals surface area contributed by atoms with E-state index >= 15 is 0 Å². The Morgan fingerprint density at radius 3 is 2.26 bits per heavy atom. The minimum Gasteiger partial charge on any atom is -0.339 e. The molecule has 1 aliphatic rings. The molecule has 10 heteroatoms. The van der Waals surface area contributed by atoms with E-state index in [0.29, 0.717) is 26.2 Å². The summed E-state index contributed by atoms with van der Waals surface area (Å²) < 4.78 is 27.2. The van der Waals surface area contributed by atoms with E-state index in [0.717, 1.165) is 16.9 Å². The second kappa shape index (κ2) is 7.65. The molecule has 0 atom stereocenters. The minimum atomic E-state index is -3.76. The molecule has 8 nitrogen and oxygen atoms in total. The number of piperazine rings is 1. The number of nitrogens with zero attached hydrogens (tertiary/aromatic N) is 3. The molecule has 1 aliphatic heterocycles. The van der Waals surface area contributed by atoms with E-state index in [4.69, 9.17) is 0 Å². The summed E-state index contributed by atoms with van der Waals surface area (Å²) in [5, 5.41) is 1.67. The van der Waals surface area contributed by atoms with Crippen LogP contribution in [0.5, 0.6) is 0 Å². The van der Waals surface area contributed by atoms with Gasteiger partial charge in [-0.25, -0.2) is 13.4 Å². The standard InChI is InChI=1S/C17H20N4O4S2/c1-12-3-5-14(6-4-12)27(24,25)19-17-18-15(11-26-17)16(23)21-9-7-20(8-10-21)13(2)22/h3-6,11H,7-10H2,1-2H3,(H,18,19).